The fraction of sp³-hybridized carbons (Fsp3) is 0.0769. The molecule has 1 aliphatic rings. The molecule has 0 bridgehead atoms. The highest BCUT2D eigenvalue weighted by Crippen LogP contribution is 2.35. The van der Waals surface area contributed by atoms with Crippen LogP contribution in [0.15, 0.2) is 39.9 Å². The number of hydrogen-bond acceptors (Lipinski definition) is 3. The van der Waals surface area contributed by atoms with Gasteiger partial charge in [0.15, 0.2) is 0 Å². The second kappa shape index (κ2) is 4.20. The van der Waals surface area contributed by atoms with E-state index in [1.54, 1.807) is 23.5 Å². The number of aromatic hydroxyl groups is 1. The summed E-state index contributed by atoms with van der Waals surface area (Å²) in [5, 5.41) is 11.4. The Kier molecular flexibility index (Phi) is 2.68. The minimum absolute atomic E-state index is 0.240. The zero-order chi connectivity index (χ0) is 11.8. The molecule has 3 rings (SSSR count). The number of ether oxygens (including phenoxy) is 1. The lowest BCUT2D eigenvalue weighted by atomic mass is 10.1. The lowest BCUT2D eigenvalue weighted by molar-refractivity contribution is 0.440. The van der Waals surface area contributed by atoms with E-state index >= 15 is 0 Å². The molecule has 1 aromatic carbocycles. The van der Waals surface area contributed by atoms with Crippen molar-refractivity contribution in [1.29, 1.82) is 0 Å². The molecule has 1 aromatic heterocycles. The predicted octanol–water partition coefficient (Wildman–Crippen LogP) is 4.19. The van der Waals surface area contributed by atoms with Crippen LogP contribution in [0.3, 0.4) is 0 Å². The Morgan fingerprint density at radius 1 is 1.35 bits per heavy atom. The van der Waals surface area contributed by atoms with Crippen LogP contribution in [0.2, 0.25) is 0 Å². The van der Waals surface area contributed by atoms with E-state index < -0.39 is 0 Å². The van der Waals surface area contributed by atoms with Gasteiger partial charge in [0.2, 0.25) is 0 Å². The Labute approximate surface area is 111 Å². The van der Waals surface area contributed by atoms with Gasteiger partial charge in [0.1, 0.15) is 17.3 Å². The highest BCUT2D eigenvalue weighted by Gasteiger charge is 2.17. The number of benzene rings is 1. The fourth-order valence-electron chi connectivity index (χ4n) is 1.79. The molecule has 0 radical (unpaired) electrons. The summed E-state index contributed by atoms with van der Waals surface area (Å²) in [6.07, 6.45) is 2.82. The maximum Gasteiger partial charge on any atom is 0.134 e. The molecular weight excluding hydrogens is 300 g/mol. The van der Waals surface area contributed by atoms with E-state index in [0.29, 0.717) is 0 Å². The molecule has 1 N–H and O–H groups in total. The molecule has 0 unspecified atom stereocenters. The van der Waals surface area contributed by atoms with Crippen LogP contribution in [-0.4, -0.2) is 5.11 Å². The minimum atomic E-state index is 0.240. The lowest BCUT2D eigenvalue weighted by Crippen LogP contribution is -1.86. The van der Waals surface area contributed by atoms with Crippen molar-refractivity contribution in [3.05, 3.63) is 50.3 Å². The number of halogens is 1. The van der Waals surface area contributed by atoms with E-state index in [4.69, 9.17) is 4.74 Å². The molecule has 0 fully saturated rings. The molecule has 86 valence electrons. The van der Waals surface area contributed by atoms with Crippen LogP contribution in [0.1, 0.15) is 10.4 Å². The molecule has 2 aromatic rings. The first kappa shape index (κ1) is 10.9. The number of rotatable bonds is 1. The molecule has 0 saturated carbocycles. The number of allylic oxidation sites excluding steroid dienone is 1. The molecule has 0 atom stereocenters. The van der Waals surface area contributed by atoms with Crippen molar-refractivity contribution < 1.29 is 9.84 Å². The van der Waals surface area contributed by atoms with Gasteiger partial charge >= 0.3 is 0 Å². The average Bonchev–Trinajstić information content (AvgIpc) is 2.84. The maximum atomic E-state index is 9.37. The number of fused-ring (bicyclic) bond motifs is 1. The van der Waals surface area contributed by atoms with Crippen LogP contribution < -0.4 is 4.74 Å². The summed E-state index contributed by atoms with van der Waals surface area (Å²) in [5.74, 6) is 1.91. The quantitative estimate of drug-likeness (QED) is 0.856. The Balaban J connectivity index is 1.88. The number of thiophene rings is 1. The first-order chi connectivity index (χ1) is 8.20. The van der Waals surface area contributed by atoms with Crippen LogP contribution in [0.25, 0.3) is 6.08 Å². The van der Waals surface area contributed by atoms with Gasteiger partial charge < -0.3 is 9.84 Å². The second-order valence-corrected chi connectivity index (χ2v) is 5.71. The third-order valence-corrected chi connectivity index (χ3v) is 4.19. The van der Waals surface area contributed by atoms with Crippen LogP contribution >= 0.6 is 27.3 Å². The molecular formula is C13H9BrO2S. The van der Waals surface area contributed by atoms with Gasteiger partial charge in [-0.15, -0.1) is 11.3 Å². The Hall–Kier alpha value is -1.26. The zero-order valence-electron chi connectivity index (χ0n) is 8.81. The fourth-order valence-corrected chi connectivity index (χ4v) is 3.18. The van der Waals surface area contributed by atoms with Crippen molar-refractivity contribution in [3.63, 3.8) is 0 Å². The van der Waals surface area contributed by atoms with Gasteiger partial charge in [-0.3, -0.25) is 0 Å². The van der Waals surface area contributed by atoms with Crippen LogP contribution in [-0.2, 0) is 6.42 Å². The molecule has 4 heteroatoms. The van der Waals surface area contributed by atoms with Gasteiger partial charge in [-0.2, -0.15) is 0 Å². The van der Waals surface area contributed by atoms with Gasteiger partial charge in [-0.25, -0.2) is 0 Å². The van der Waals surface area contributed by atoms with Gasteiger partial charge in [-0.05, 0) is 34.1 Å². The Bertz CT molecular complexity index is 601. The standard InChI is InChI=1S/C13H9BrO2S/c14-9-4-12(17-7-9)6-11-3-8-1-2-10(15)5-13(8)16-11/h1-2,4-7,15H,3H2/b11-6-. The Morgan fingerprint density at radius 2 is 2.24 bits per heavy atom. The van der Waals surface area contributed by atoms with Crippen molar-refractivity contribution >= 4 is 33.3 Å². The van der Waals surface area contributed by atoms with E-state index in [0.717, 1.165) is 32.8 Å². The monoisotopic (exact) mass is 308 g/mol. The summed E-state index contributed by atoms with van der Waals surface area (Å²) in [5.41, 5.74) is 1.12. The van der Waals surface area contributed by atoms with Gasteiger partial charge in [0, 0.05) is 32.8 Å². The molecule has 1 aliphatic heterocycles. The summed E-state index contributed by atoms with van der Waals surface area (Å²) in [6, 6.07) is 7.30. The minimum Gasteiger partial charge on any atom is -0.508 e. The van der Waals surface area contributed by atoms with E-state index in [-0.39, 0.29) is 5.75 Å². The maximum absolute atomic E-state index is 9.37. The van der Waals surface area contributed by atoms with Crippen molar-refractivity contribution in [2.75, 3.05) is 0 Å². The molecule has 0 aliphatic carbocycles. The summed E-state index contributed by atoms with van der Waals surface area (Å²) >= 11 is 5.09. The van der Waals surface area contributed by atoms with E-state index in [1.807, 2.05) is 17.5 Å². The summed E-state index contributed by atoms with van der Waals surface area (Å²) < 4.78 is 6.78. The number of phenols is 1. The topological polar surface area (TPSA) is 29.5 Å². The first-order valence-corrected chi connectivity index (χ1v) is 6.82. The summed E-state index contributed by atoms with van der Waals surface area (Å²) in [7, 11) is 0. The van der Waals surface area contributed by atoms with Gasteiger partial charge in [0.25, 0.3) is 0 Å². The van der Waals surface area contributed by atoms with E-state index in [9.17, 15) is 5.11 Å². The van der Waals surface area contributed by atoms with E-state index in [2.05, 4.69) is 22.0 Å². The molecule has 2 heterocycles. The average molecular weight is 309 g/mol. The van der Waals surface area contributed by atoms with Gasteiger partial charge in [0.05, 0.1) is 0 Å². The third-order valence-electron chi connectivity index (χ3n) is 2.55. The number of hydrogen-bond donors (Lipinski definition) is 1. The van der Waals surface area contributed by atoms with Crippen molar-refractivity contribution in [1.82, 2.24) is 0 Å². The van der Waals surface area contributed by atoms with Gasteiger partial charge in [-0.1, -0.05) is 6.07 Å². The zero-order valence-corrected chi connectivity index (χ0v) is 11.2. The third kappa shape index (κ3) is 2.23. The smallest absolute Gasteiger partial charge is 0.134 e. The highest BCUT2D eigenvalue weighted by atomic mass is 79.9. The van der Waals surface area contributed by atoms with E-state index in [1.165, 1.54) is 0 Å². The second-order valence-electron chi connectivity index (χ2n) is 3.85. The molecule has 2 nitrogen and oxygen atoms in total. The normalized spacial score (nSPS) is 15.9. The molecule has 0 spiro atoms. The largest absolute Gasteiger partial charge is 0.508 e. The van der Waals surface area contributed by atoms with Crippen LogP contribution in [0, 0.1) is 0 Å². The predicted molar refractivity (Wildman–Crippen MR) is 72.4 cm³/mol. The Morgan fingerprint density at radius 3 is 3.00 bits per heavy atom. The van der Waals surface area contributed by atoms with Crippen molar-refractivity contribution in [2.45, 2.75) is 6.42 Å². The molecule has 0 saturated heterocycles. The van der Waals surface area contributed by atoms with Crippen LogP contribution in [0.4, 0.5) is 0 Å². The molecule has 0 amide bonds. The summed E-state index contributed by atoms with van der Waals surface area (Å²) in [6.45, 7) is 0. The van der Waals surface area contributed by atoms with Crippen molar-refractivity contribution in [3.8, 4) is 11.5 Å². The number of phenolic OH excluding ortho intramolecular Hbond substituents is 1. The SMILES string of the molecule is Oc1ccc2c(c1)O/C(=C\c1cc(Br)cs1)C2. The highest BCUT2D eigenvalue weighted by molar-refractivity contribution is 9.10. The lowest BCUT2D eigenvalue weighted by Gasteiger charge is -1.98. The first-order valence-electron chi connectivity index (χ1n) is 5.15. The summed E-state index contributed by atoms with van der Waals surface area (Å²) in [4.78, 5) is 1.16. The van der Waals surface area contributed by atoms with Crippen LogP contribution in [0.5, 0.6) is 11.5 Å². The molecule has 17 heavy (non-hydrogen) atoms. The van der Waals surface area contributed by atoms with Crippen molar-refractivity contribution in [2.24, 2.45) is 0 Å².